The average molecular weight is 352 g/mol. The van der Waals surface area contributed by atoms with E-state index in [1.54, 1.807) is 0 Å². The summed E-state index contributed by atoms with van der Waals surface area (Å²) in [5.74, 6) is -4.62. The molecule has 0 atom stereocenters. The van der Waals surface area contributed by atoms with Crippen molar-refractivity contribution in [3.63, 3.8) is 0 Å². The minimum Gasteiger partial charge on any atom is -0.348 e. The molecule has 8 heteroatoms. The molecule has 0 aliphatic rings. The van der Waals surface area contributed by atoms with Gasteiger partial charge in [-0.2, -0.15) is 0 Å². The van der Waals surface area contributed by atoms with E-state index < -0.39 is 30.0 Å². The highest BCUT2D eigenvalue weighted by Gasteiger charge is 2.50. The lowest BCUT2D eigenvalue weighted by Crippen LogP contribution is -2.48. The second kappa shape index (κ2) is 8.62. The van der Waals surface area contributed by atoms with Gasteiger partial charge < -0.3 is 18.9 Å². The summed E-state index contributed by atoms with van der Waals surface area (Å²) in [5, 5.41) is 0. The molecular formula is C17H20O8. The highest BCUT2D eigenvalue weighted by atomic mass is 17.0. The van der Waals surface area contributed by atoms with Gasteiger partial charge in [-0.25, -0.2) is 19.2 Å². The van der Waals surface area contributed by atoms with Crippen LogP contribution in [0.2, 0.25) is 0 Å². The van der Waals surface area contributed by atoms with Gasteiger partial charge in [-0.15, -0.1) is 0 Å². The molecular weight excluding hydrogens is 332 g/mol. The topological polar surface area (TPSA) is 105 Å². The van der Waals surface area contributed by atoms with Crippen LogP contribution in [0.25, 0.3) is 0 Å². The Bertz CT molecular complexity index is 551. The van der Waals surface area contributed by atoms with Gasteiger partial charge in [0.05, 0.1) is 0 Å². The van der Waals surface area contributed by atoms with Gasteiger partial charge in [0.15, 0.2) is 0 Å². The van der Waals surface area contributed by atoms with Crippen LogP contribution in [0, 0.1) is 0 Å². The molecule has 0 bridgehead atoms. The Morgan fingerprint density at radius 3 is 0.800 bits per heavy atom. The van der Waals surface area contributed by atoms with Crippen LogP contribution >= 0.6 is 0 Å². The summed E-state index contributed by atoms with van der Waals surface area (Å²) in [6, 6.07) is 0. The van der Waals surface area contributed by atoms with E-state index in [0.29, 0.717) is 0 Å². The normalized spacial score (nSPS) is 10.1. The molecule has 0 aliphatic heterocycles. The molecule has 0 amide bonds. The molecule has 0 fully saturated rings. The zero-order chi connectivity index (χ0) is 19.9. The lowest BCUT2D eigenvalue weighted by atomic mass is 10.3. The molecule has 0 aliphatic carbocycles. The van der Waals surface area contributed by atoms with Crippen LogP contribution in [-0.2, 0) is 38.1 Å². The second-order valence-electron chi connectivity index (χ2n) is 5.18. The number of carbonyl (C=O) groups excluding carboxylic acids is 4. The third-order valence-corrected chi connectivity index (χ3v) is 2.26. The van der Waals surface area contributed by atoms with E-state index in [0.717, 1.165) is 0 Å². The average Bonchev–Trinajstić information content (AvgIpc) is 2.46. The Kier molecular flexibility index (Phi) is 7.53. The molecule has 25 heavy (non-hydrogen) atoms. The van der Waals surface area contributed by atoms with Gasteiger partial charge in [0.2, 0.25) is 0 Å². The quantitative estimate of drug-likeness (QED) is 0.371. The van der Waals surface area contributed by atoms with E-state index in [1.807, 2.05) is 0 Å². The van der Waals surface area contributed by atoms with Gasteiger partial charge in [-0.3, -0.25) is 0 Å². The number of carbonyl (C=O) groups is 4. The van der Waals surface area contributed by atoms with Gasteiger partial charge in [-0.05, 0) is 27.7 Å². The van der Waals surface area contributed by atoms with Crippen molar-refractivity contribution in [1.82, 2.24) is 0 Å². The number of hydrogen-bond acceptors (Lipinski definition) is 8. The Labute approximate surface area is 145 Å². The molecule has 136 valence electrons. The lowest BCUT2D eigenvalue weighted by Gasteiger charge is -2.29. The molecule has 0 N–H and O–H groups in total. The molecule has 0 aromatic rings. The Morgan fingerprint density at radius 1 is 0.520 bits per heavy atom. The van der Waals surface area contributed by atoms with Crippen LogP contribution < -0.4 is 0 Å². The number of hydrogen-bond donors (Lipinski definition) is 0. The van der Waals surface area contributed by atoms with Crippen LogP contribution in [0.3, 0.4) is 0 Å². The summed E-state index contributed by atoms with van der Waals surface area (Å²) in [5.41, 5.74) is -0.580. The predicted molar refractivity (Wildman–Crippen MR) is 86.4 cm³/mol. The fraction of sp³-hybridized carbons (Fsp3) is 0.294. The maximum atomic E-state index is 11.8. The highest BCUT2D eigenvalue weighted by Crippen LogP contribution is 2.24. The molecule has 0 saturated heterocycles. The maximum absolute atomic E-state index is 11.8. The van der Waals surface area contributed by atoms with E-state index in [1.165, 1.54) is 27.7 Å². The largest absolute Gasteiger partial charge is 0.620 e. The van der Waals surface area contributed by atoms with Crippen molar-refractivity contribution in [1.29, 1.82) is 0 Å². The standard InChI is InChI=1S/C17H20O8/c1-9(2)13(18)22-17(23-14(19)10(3)4,24-15(20)11(5)6)25-16(21)12(7)8/h1,3,5,7H2,2,4,6,8H3. The van der Waals surface area contributed by atoms with E-state index in [4.69, 9.17) is 18.9 Å². The van der Waals surface area contributed by atoms with E-state index in [-0.39, 0.29) is 22.3 Å². The SMILES string of the molecule is C=C(C)C(=O)OC(OC(=O)C(=C)C)(OC(=O)C(=C)C)OC(=O)C(=C)C. The lowest BCUT2D eigenvalue weighted by molar-refractivity contribution is -0.428. The summed E-state index contributed by atoms with van der Waals surface area (Å²) in [6.07, 6.45) is -3.13. The summed E-state index contributed by atoms with van der Waals surface area (Å²) in [4.78, 5) is 47.4. The molecule has 0 heterocycles. The maximum Gasteiger partial charge on any atom is 0.620 e. The molecule has 0 radical (unpaired) electrons. The van der Waals surface area contributed by atoms with E-state index in [9.17, 15) is 19.2 Å². The minimum absolute atomic E-state index is 0.145. The monoisotopic (exact) mass is 352 g/mol. The van der Waals surface area contributed by atoms with Crippen LogP contribution in [0.1, 0.15) is 27.7 Å². The second-order valence-corrected chi connectivity index (χ2v) is 5.18. The van der Waals surface area contributed by atoms with E-state index >= 15 is 0 Å². The van der Waals surface area contributed by atoms with Crippen molar-refractivity contribution in [2.75, 3.05) is 0 Å². The Morgan fingerprint density at radius 2 is 0.680 bits per heavy atom. The highest BCUT2D eigenvalue weighted by molar-refractivity contribution is 5.92. The van der Waals surface area contributed by atoms with Crippen molar-refractivity contribution in [3.05, 3.63) is 48.6 Å². The fourth-order valence-electron chi connectivity index (χ4n) is 0.928. The van der Waals surface area contributed by atoms with Crippen LogP contribution in [-0.4, -0.2) is 30.0 Å². The third-order valence-electron chi connectivity index (χ3n) is 2.26. The molecule has 0 rings (SSSR count). The zero-order valence-corrected chi connectivity index (χ0v) is 14.6. The Hall–Kier alpha value is -3.16. The Balaban J connectivity index is 6.05. The van der Waals surface area contributed by atoms with Gasteiger partial charge in [0.25, 0.3) is 0 Å². The predicted octanol–water partition coefficient (Wildman–Crippen LogP) is 2.07. The third kappa shape index (κ3) is 6.86. The number of ether oxygens (including phenoxy) is 4. The van der Waals surface area contributed by atoms with Crippen LogP contribution in [0.15, 0.2) is 48.6 Å². The molecule has 8 nitrogen and oxygen atoms in total. The van der Waals surface area contributed by atoms with Crippen LogP contribution in [0.4, 0.5) is 0 Å². The first-order chi connectivity index (χ1) is 11.3. The summed E-state index contributed by atoms with van der Waals surface area (Å²) >= 11 is 0. The molecule has 0 saturated carbocycles. The molecule has 0 aromatic heterocycles. The first-order valence-corrected chi connectivity index (χ1v) is 6.86. The first kappa shape index (κ1) is 21.8. The summed E-state index contributed by atoms with van der Waals surface area (Å²) < 4.78 is 19.1. The van der Waals surface area contributed by atoms with Gasteiger partial charge >= 0.3 is 30.0 Å². The van der Waals surface area contributed by atoms with Crippen molar-refractivity contribution in [2.45, 2.75) is 33.9 Å². The minimum atomic E-state index is -3.13. The number of rotatable bonds is 8. The van der Waals surface area contributed by atoms with Crippen molar-refractivity contribution in [2.24, 2.45) is 0 Å². The summed E-state index contributed by atoms with van der Waals surface area (Å²) in [6.45, 7) is 18.4. The van der Waals surface area contributed by atoms with Crippen molar-refractivity contribution >= 4 is 23.9 Å². The summed E-state index contributed by atoms with van der Waals surface area (Å²) in [7, 11) is 0. The van der Waals surface area contributed by atoms with Crippen molar-refractivity contribution in [3.8, 4) is 0 Å². The van der Waals surface area contributed by atoms with Crippen LogP contribution in [0.5, 0.6) is 0 Å². The molecule has 0 aromatic carbocycles. The first-order valence-electron chi connectivity index (χ1n) is 6.86. The molecule has 0 unspecified atom stereocenters. The molecule has 0 spiro atoms. The van der Waals surface area contributed by atoms with E-state index in [2.05, 4.69) is 26.3 Å². The van der Waals surface area contributed by atoms with Crippen molar-refractivity contribution < 1.29 is 38.1 Å². The van der Waals surface area contributed by atoms with Gasteiger partial charge in [0, 0.05) is 22.3 Å². The smallest absolute Gasteiger partial charge is 0.348 e. The fourth-order valence-corrected chi connectivity index (χ4v) is 0.928. The van der Waals surface area contributed by atoms with Gasteiger partial charge in [0.1, 0.15) is 0 Å². The van der Waals surface area contributed by atoms with Gasteiger partial charge in [-0.1, -0.05) is 26.3 Å². The number of esters is 4. The zero-order valence-electron chi connectivity index (χ0n) is 14.6.